The first kappa shape index (κ1) is 13.1. The number of likely N-dealkylation sites (tertiary alicyclic amines) is 1. The highest BCUT2D eigenvalue weighted by molar-refractivity contribution is 5.96. The van der Waals surface area contributed by atoms with Crippen LogP contribution in [0, 0.1) is 6.92 Å². The zero-order chi connectivity index (χ0) is 13.2. The SMILES string of the molecule is CNCC1(C)CCCN1C(=O)c1ccccc1C. The number of hydrogen-bond acceptors (Lipinski definition) is 2. The molecule has 1 fully saturated rings. The molecule has 3 heteroatoms. The molecule has 2 rings (SSSR count). The van der Waals surface area contributed by atoms with Crippen molar-refractivity contribution in [1.82, 2.24) is 10.2 Å². The van der Waals surface area contributed by atoms with Crippen LogP contribution < -0.4 is 5.32 Å². The Labute approximate surface area is 109 Å². The molecule has 1 aromatic carbocycles. The fraction of sp³-hybridized carbons (Fsp3) is 0.533. The summed E-state index contributed by atoms with van der Waals surface area (Å²) < 4.78 is 0. The molecular formula is C15H22N2O. The Morgan fingerprint density at radius 1 is 1.44 bits per heavy atom. The molecule has 1 heterocycles. The van der Waals surface area contributed by atoms with E-state index in [0.29, 0.717) is 0 Å². The summed E-state index contributed by atoms with van der Waals surface area (Å²) in [6.45, 7) is 5.89. The van der Waals surface area contributed by atoms with Gasteiger partial charge in [0.05, 0.1) is 5.54 Å². The second-order valence-corrected chi connectivity index (χ2v) is 5.40. The quantitative estimate of drug-likeness (QED) is 0.887. The van der Waals surface area contributed by atoms with Gasteiger partial charge in [0.1, 0.15) is 0 Å². The minimum Gasteiger partial charge on any atom is -0.332 e. The largest absolute Gasteiger partial charge is 0.332 e. The van der Waals surface area contributed by atoms with Gasteiger partial charge in [-0.05, 0) is 45.4 Å². The topological polar surface area (TPSA) is 32.3 Å². The van der Waals surface area contributed by atoms with Gasteiger partial charge in [0.25, 0.3) is 5.91 Å². The Hall–Kier alpha value is -1.35. The molecule has 3 nitrogen and oxygen atoms in total. The summed E-state index contributed by atoms with van der Waals surface area (Å²) in [6.07, 6.45) is 2.17. The molecule has 18 heavy (non-hydrogen) atoms. The van der Waals surface area contributed by atoms with Crippen LogP contribution in [-0.4, -0.2) is 36.5 Å². The maximum absolute atomic E-state index is 12.7. The smallest absolute Gasteiger partial charge is 0.254 e. The molecule has 1 unspecified atom stereocenters. The molecular weight excluding hydrogens is 224 g/mol. The van der Waals surface area contributed by atoms with E-state index in [-0.39, 0.29) is 11.4 Å². The minimum absolute atomic E-state index is 0.0475. The van der Waals surface area contributed by atoms with Crippen molar-refractivity contribution in [1.29, 1.82) is 0 Å². The lowest BCUT2D eigenvalue weighted by atomic mass is 9.97. The number of nitrogens with one attached hydrogen (secondary N) is 1. The summed E-state index contributed by atoms with van der Waals surface area (Å²) >= 11 is 0. The highest BCUT2D eigenvalue weighted by Crippen LogP contribution is 2.30. The van der Waals surface area contributed by atoms with Crippen molar-refractivity contribution in [2.45, 2.75) is 32.2 Å². The average Bonchev–Trinajstić information content (AvgIpc) is 2.71. The maximum atomic E-state index is 12.7. The van der Waals surface area contributed by atoms with E-state index in [9.17, 15) is 4.79 Å². The van der Waals surface area contributed by atoms with Crippen LogP contribution in [0.2, 0.25) is 0 Å². The Morgan fingerprint density at radius 3 is 2.83 bits per heavy atom. The van der Waals surface area contributed by atoms with Crippen LogP contribution in [0.3, 0.4) is 0 Å². The van der Waals surface area contributed by atoms with Crippen LogP contribution in [0.25, 0.3) is 0 Å². The molecule has 0 aromatic heterocycles. The lowest BCUT2D eigenvalue weighted by Gasteiger charge is -2.35. The third-order valence-corrected chi connectivity index (χ3v) is 3.93. The number of rotatable bonds is 3. The number of carbonyl (C=O) groups excluding carboxylic acids is 1. The highest BCUT2D eigenvalue weighted by Gasteiger charge is 2.39. The second-order valence-electron chi connectivity index (χ2n) is 5.40. The van der Waals surface area contributed by atoms with Crippen LogP contribution in [0.15, 0.2) is 24.3 Å². The zero-order valence-corrected chi connectivity index (χ0v) is 11.5. The van der Waals surface area contributed by atoms with E-state index in [1.54, 1.807) is 0 Å². The molecule has 1 amide bonds. The molecule has 0 saturated carbocycles. The van der Waals surface area contributed by atoms with Crippen LogP contribution in [0.5, 0.6) is 0 Å². The zero-order valence-electron chi connectivity index (χ0n) is 11.5. The molecule has 98 valence electrons. The predicted molar refractivity (Wildman–Crippen MR) is 73.8 cm³/mol. The maximum Gasteiger partial charge on any atom is 0.254 e. The van der Waals surface area contributed by atoms with Gasteiger partial charge in [-0.25, -0.2) is 0 Å². The van der Waals surface area contributed by atoms with Crippen molar-refractivity contribution in [3.05, 3.63) is 35.4 Å². The molecule has 1 saturated heterocycles. The monoisotopic (exact) mass is 246 g/mol. The van der Waals surface area contributed by atoms with E-state index in [1.165, 1.54) is 0 Å². The molecule has 1 atom stereocenters. The molecule has 1 aliphatic heterocycles. The fourth-order valence-corrected chi connectivity index (χ4v) is 2.89. The average molecular weight is 246 g/mol. The van der Waals surface area contributed by atoms with Crippen LogP contribution in [0.4, 0.5) is 0 Å². The van der Waals surface area contributed by atoms with Crippen molar-refractivity contribution in [3.8, 4) is 0 Å². The molecule has 0 bridgehead atoms. The van der Waals surface area contributed by atoms with Gasteiger partial charge in [0.2, 0.25) is 0 Å². The first-order valence-electron chi connectivity index (χ1n) is 6.61. The molecule has 0 radical (unpaired) electrons. The van der Waals surface area contributed by atoms with Crippen molar-refractivity contribution in [2.75, 3.05) is 20.1 Å². The summed E-state index contributed by atoms with van der Waals surface area (Å²) in [6, 6.07) is 7.84. The lowest BCUT2D eigenvalue weighted by Crippen LogP contribution is -2.50. The minimum atomic E-state index is -0.0475. The van der Waals surface area contributed by atoms with Crippen molar-refractivity contribution < 1.29 is 4.79 Å². The van der Waals surface area contributed by atoms with Gasteiger partial charge in [0, 0.05) is 18.7 Å². The van der Waals surface area contributed by atoms with E-state index < -0.39 is 0 Å². The van der Waals surface area contributed by atoms with E-state index in [1.807, 2.05) is 43.1 Å². The first-order chi connectivity index (χ1) is 8.58. The van der Waals surface area contributed by atoms with E-state index in [4.69, 9.17) is 0 Å². The van der Waals surface area contributed by atoms with Crippen LogP contribution in [-0.2, 0) is 0 Å². The normalized spacial score (nSPS) is 23.4. The molecule has 1 aromatic rings. The van der Waals surface area contributed by atoms with Gasteiger partial charge in [-0.15, -0.1) is 0 Å². The van der Waals surface area contributed by atoms with Gasteiger partial charge in [-0.3, -0.25) is 4.79 Å². The highest BCUT2D eigenvalue weighted by atomic mass is 16.2. The van der Waals surface area contributed by atoms with Gasteiger partial charge in [0.15, 0.2) is 0 Å². The Balaban J connectivity index is 2.26. The summed E-state index contributed by atoms with van der Waals surface area (Å²) in [4.78, 5) is 14.7. The molecule has 0 spiro atoms. The lowest BCUT2D eigenvalue weighted by molar-refractivity contribution is 0.0625. The van der Waals surface area contributed by atoms with Crippen molar-refractivity contribution >= 4 is 5.91 Å². The van der Waals surface area contributed by atoms with E-state index in [0.717, 1.165) is 37.1 Å². The summed E-state index contributed by atoms with van der Waals surface area (Å²) in [5.74, 6) is 0.170. The van der Waals surface area contributed by atoms with Gasteiger partial charge >= 0.3 is 0 Å². The van der Waals surface area contributed by atoms with E-state index in [2.05, 4.69) is 12.2 Å². The second kappa shape index (κ2) is 5.11. The molecule has 1 N–H and O–H groups in total. The number of amides is 1. The number of hydrogen-bond donors (Lipinski definition) is 1. The van der Waals surface area contributed by atoms with Crippen LogP contribution in [0.1, 0.15) is 35.7 Å². The Morgan fingerprint density at radius 2 is 2.17 bits per heavy atom. The summed E-state index contributed by atoms with van der Waals surface area (Å²) in [5.41, 5.74) is 1.84. The summed E-state index contributed by atoms with van der Waals surface area (Å²) in [7, 11) is 1.94. The summed E-state index contributed by atoms with van der Waals surface area (Å²) in [5, 5.41) is 3.21. The standard InChI is InChI=1S/C15H22N2O/c1-12-7-4-5-8-13(12)14(18)17-10-6-9-15(17,2)11-16-3/h4-5,7-8,16H,6,9-11H2,1-3H3. The van der Waals surface area contributed by atoms with E-state index >= 15 is 0 Å². The van der Waals surface area contributed by atoms with Gasteiger partial charge in [-0.2, -0.15) is 0 Å². The van der Waals surface area contributed by atoms with Gasteiger partial charge in [-0.1, -0.05) is 18.2 Å². The third-order valence-electron chi connectivity index (χ3n) is 3.93. The Bertz CT molecular complexity index is 444. The molecule has 0 aliphatic carbocycles. The number of carbonyl (C=O) groups is 1. The van der Waals surface area contributed by atoms with Gasteiger partial charge < -0.3 is 10.2 Å². The Kier molecular flexibility index (Phi) is 3.71. The predicted octanol–water partition coefficient (Wildman–Crippen LogP) is 2.21. The number of likely N-dealkylation sites (N-methyl/N-ethyl adjacent to an activating group) is 1. The van der Waals surface area contributed by atoms with Crippen LogP contribution >= 0.6 is 0 Å². The fourth-order valence-electron chi connectivity index (χ4n) is 2.89. The van der Waals surface area contributed by atoms with Crippen molar-refractivity contribution in [2.24, 2.45) is 0 Å². The number of benzene rings is 1. The van der Waals surface area contributed by atoms with Crippen molar-refractivity contribution in [3.63, 3.8) is 0 Å². The third kappa shape index (κ3) is 2.27. The molecule has 1 aliphatic rings. The first-order valence-corrected chi connectivity index (χ1v) is 6.61. The number of nitrogens with zero attached hydrogens (tertiary/aromatic N) is 1. The number of aryl methyl sites for hydroxylation is 1.